The zero-order valence-corrected chi connectivity index (χ0v) is 10.7. The molecule has 20 heavy (non-hydrogen) atoms. The molecule has 0 radical (unpaired) electrons. The lowest BCUT2D eigenvalue weighted by molar-refractivity contribution is 0.0543. The van der Waals surface area contributed by atoms with Crippen LogP contribution < -0.4 is 0 Å². The Morgan fingerprint density at radius 2 is 1.35 bits per heavy atom. The van der Waals surface area contributed by atoms with Gasteiger partial charge in [-0.25, -0.2) is 0 Å². The Morgan fingerprint density at radius 1 is 0.850 bits per heavy atom. The Balaban J connectivity index is 1.84. The van der Waals surface area contributed by atoms with Crippen molar-refractivity contribution >= 4 is 11.8 Å². The lowest BCUT2D eigenvalue weighted by atomic mass is 10.1. The fourth-order valence-corrected chi connectivity index (χ4v) is 2.36. The number of aliphatic hydroxyl groups excluding tert-OH is 1. The molecule has 2 amide bonds. The maximum Gasteiger partial charge on any atom is 0.261 e. The van der Waals surface area contributed by atoms with Gasteiger partial charge in [-0.05, 0) is 17.7 Å². The summed E-state index contributed by atoms with van der Waals surface area (Å²) in [6, 6.07) is 15.7. The van der Waals surface area contributed by atoms with Crippen LogP contribution in [-0.2, 0) is 0 Å². The number of imide groups is 1. The first-order valence-electron chi connectivity index (χ1n) is 6.36. The molecule has 3 rings (SSSR count). The number of carbonyl (C=O) groups excluding carboxylic acids is 2. The number of aliphatic hydroxyl groups is 1. The average Bonchev–Trinajstić information content (AvgIpc) is 2.74. The van der Waals surface area contributed by atoms with Gasteiger partial charge in [0.25, 0.3) is 11.8 Å². The van der Waals surface area contributed by atoms with Crippen LogP contribution in [0.1, 0.15) is 32.4 Å². The van der Waals surface area contributed by atoms with E-state index in [2.05, 4.69) is 0 Å². The summed E-state index contributed by atoms with van der Waals surface area (Å²) in [7, 11) is 0. The molecule has 0 fully saturated rings. The minimum absolute atomic E-state index is 0.0314. The monoisotopic (exact) mass is 267 g/mol. The first-order valence-corrected chi connectivity index (χ1v) is 6.36. The number of hydrogen-bond acceptors (Lipinski definition) is 3. The van der Waals surface area contributed by atoms with Gasteiger partial charge in [-0.15, -0.1) is 0 Å². The number of nitrogens with zero attached hydrogens (tertiary/aromatic N) is 1. The van der Waals surface area contributed by atoms with Gasteiger partial charge in [-0.3, -0.25) is 14.5 Å². The minimum atomic E-state index is -0.876. The normalized spacial score (nSPS) is 15.3. The fraction of sp³-hybridized carbons (Fsp3) is 0.125. The summed E-state index contributed by atoms with van der Waals surface area (Å²) in [5.41, 5.74) is 1.49. The van der Waals surface area contributed by atoms with E-state index < -0.39 is 6.10 Å². The minimum Gasteiger partial charge on any atom is -0.387 e. The second kappa shape index (κ2) is 4.90. The highest BCUT2D eigenvalue weighted by Gasteiger charge is 2.36. The van der Waals surface area contributed by atoms with Crippen molar-refractivity contribution < 1.29 is 14.7 Å². The van der Waals surface area contributed by atoms with Crippen molar-refractivity contribution in [1.29, 1.82) is 0 Å². The van der Waals surface area contributed by atoms with Crippen LogP contribution in [0.25, 0.3) is 0 Å². The van der Waals surface area contributed by atoms with Crippen molar-refractivity contribution in [2.24, 2.45) is 0 Å². The molecule has 0 unspecified atom stereocenters. The zero-order chi connectivity index (χ0) is 14.1. The maximum absolute atomic E-state index is 12.2. The zero-order valence-electron chi connectivity index (χ0n) is 10.7. The summed E-state index contributed by atoms with van der Waals surface area (Å²) >= 11 is 0. The Morgan fingerprint density at radius 3 is 1.90 bits per heavy atom. The molecule has 2 aromatic rings. The molecule has 100 valence electrons. The molecule has 1 aliphatic rings. The topological polar surface area (TPSA) is 57.6 Å². The van der Waals surface area contributed by atoms with Gasteiger partial charge in [-0.1, -0.05) is 42.5 Å². The van der Waals surface area contributed by atoms with Gasteiger partial charge < -0.3 is 5.11 Å². The highest BCUT2D eigenvalue weighted by atomic mass is 16.3. The standard InChI is InChI=1S/C16H13NO3/c18-14(11-6-2-1-3-7-11)10-17-15(19)12-8-4-5-9-13(12)16(17)20/h1-9,14,18H,10H2/t14-/m0/s1. The van der Waals surface area contributed by atoms with Gasteiger partial charge >= 0.3 is 0 Å². The maximum atomic E-state index is 12.2. The Bertz CT molecular complexity index is 631. The first-order chi connectivity index (χ1) is 9.68. The largest absolute Gasteiger partial charge is 0.387 e. The predicted molar refractivity (Wildman–Crippen MR) is 73.2 cm³/mol. The van der Waals surface area contributed by atoms with Crippen LogP contribution >= 0.6 is 0 Å². The van der Waals surface area contributed by atoms with Crippen LogP contribution in [0.5, 0.6) is 0 Å². The molecule has 0 saturated heterocycles. The first kappa shape index (κ1) is 12.6. The van der Waals surface area contributed by atoms with Crippen LogP contribution in [0.15, 0.2) is 54.6 Å². The summed E-state index contributed by atoms with van der Waals surface area (Å²) in [4.78, 5) is 25.4. The number of hydrogen-bond donors (Lipinski definition) is 1. The average molecular weight is 267 g/mol. The predicted octanol–water partition coefficient (Wildman–Crippen LogP) is 2.02. The molecule has 1 heterocycles. The van der Waals surface area contributed by atoms with Crippen LogP contribution in [-0.4, -0.2) is 28.4 Å². The molecule has 4 nitrogen and oxygen atoms in total. The fourth-order valence-electron chi connectivity index (χ4n) is 2.36. The van der Waals surface area contributed by atoms with Gasteiger partial charge in [0, 0.05) is 0 Å². The van der Waals surface area contributed by atoms with Crippen LogP contribution in [0.3, 0.4) is 0 Å². The van der Waals surface area contributed by atoms with Gasteiger partial charge in [0.1, 0.15) is 0 Å². The number of fused-ring (bicyclic) bond motifs is 1. The van der Waals surface area contributed by atoms with E-state index in [1.807, 2.05) is 6.07 Å². The van der Waals surface area contributed by atoms with Gasteiger partial charge in [0.15, 0.2) is 0 Å². The third-order valence-electron chi connectivity index (χ3n) is 3.42. The van der Waals surface area contributed by atoms with Crippen molar-refractivity contribution in [2.75, 3.05) is 6.54 Å². The number of rotatable bonds is 3. The van der Waals surface area contributed by atoms with Gasteiger partial charge in [-0.2, -0.15) is 0 Å². The van der Waals surface area contributed by atoms with Crippen LogP contribution in [0.4, 0.5) is 0 Å². The second-order valence-corrected chi connectivity index (χ2v) is 4.69. The molecule has 1 N–H and O–H groups in total. The van der Waals surface area contributed by atoms with Gasteiger partial charge in [0.2, 0.25) is 0 Å². The van der Waals surface area contributed by atoms with Crippen molar-refractivity contribution in [3.8, 4) is 0 Å². The summed E-state index contributed by atoms with van der Waals surface area (Å²) in [6.45, 7) is -0.0314. The molecular formula is C16H13NO3. The van der Waals surface area contributed by atoms with E-state index in [0.29, 0.717) is 16.7 Å². The van der Waals surface area contributed by atoms with E-state index in [4.69, 9.17) is 0 Å². The highest BCUT2D eigenvalue weighted by Crippen LogP contribution is 2.25. The Hall–Kier alpha value is -2.46. The van der Waals surface area contributed by atoms with E-state index in [0.717, 1.165) is 4.90 Å². The smallest absolute Gasteiger partial charge is 0.261 e. The number of benzene rings is 2. The lowest BCUT2D eigenvalue weighted by Crippen LogP contribution is -2.33. The van der Waals surface area contributed by atoms with Crippen molar-refractivity contribution in [3.63, 3.8) is 0 Å². The summed E-state index contributed by atoms with van der Waals surface area (Å²) in [6.07, 6.45) is -0.876. The Labute approximate surface area is 116 Å². The number of carbonyl (C=O) groups is 2. The van der Waals surface area contributed by atoms with E-state index in [-0.39, 0.29) is 18.4 Å². The molecule has 2 aromatic carbocycles. The molecule has 0 saturated carbocycles. The van der Waals surface area contributed by atoms with Gasteiger partial charge in [0.05, 0.1) is 23.8 Å². The molecule has 0 aromatic heterocycles. The summed E-state index contributed by atoms with van der Waals surface area (Å²) in [5.74, 6) is -0.693. The van der Waals surface area contributed by atoms with Crippen molar-refractivity contribution in [3.05, 3.63) is 71.3 Å². The van der Waals surface area contributed by atoms with E-state index in [1.54, 1.807) is 48.5 Å². The molecule has 0 bridgehead atoms. The molecule has 1 atom stereocenters. The van der Waals surface area contributed by atoms with Crippen LogP contribution in [0.2, 0.25) is 0 Å². The molecule has 4 heteroatoms. The molecule has 0 spiro atoms. The SMILES string of the molecule is O=C1c2ccccc2C(=O)N1C[C@H](O)c1ccccc1. The van der Waals surface area contributed by atoms with Crippen molar-refractivity contribution in [2.45, 2.75) is 6.10 Å². The quantitative estimate of drug-likeness (QED) is 0.865. The molecule has 1 aliphatic heterocycles. The molecule has 0 aliphatic carbocycles. The summed E-state index contributed by atoms with van der Waals surface area (Å²) < 4.78 is 0. The highest BCUT2D eigenvalue weighted by molar-refractivity contribution is 6.21. The van der Waals surface area contributed by atoms with Crippen molar-refractivity contribution in [1.82, 2.24) is 4.90 Å². The number of amides is 2. The van der Waals surface area contributed by atoms with E-state index in [1.165, 1.54) is 0 Å². The molecular weight excluding hydrogens is 254 g/mol. The third kappa shape index (κ3) is 2.00. The van der Waals surface area contributed by atoms with E-state index >= 15 is 0 Å². The van der Waals surface area contributed by atoms with E-state index in [9.17, 15) is 14.7 Å². The second-order valence-electron chi connectivity index (χ2n) is 4.69. The Kier molecular flexibility index (Phi) is 3.08. The third-order valence-corrected chi connectivity index (χ3v) is 3.42. The lowest BCUT2D eigenvalue weighted by Gasteiger charge is -2.18. The van der Waals surface area contributed by atoms with Crippen LogP contribution in [0, 0.1) is 0 Å². The summed E-state index contributed by atoms with van der Waals surface area (Å²) in [5, 5.41) is 10.1. The number of β-amino-alcohol motifs (C(OH)–C–C–N with tert-alkyl or cyclic N) is 1.